The Hall–Kier alpha value is -3.61. The number of hydrogen-bond donors (Lipinski definition) is 2. The lowest BCUT2D eigenvalue weighted by atomic mass is 9.92. The maximum absolute atomic E-state index is 12.8. The predicted octanol–water partition coefficient (Wildman–Crippen LogP) is 2.01. The van der Waals surface area contributed by atoms with Gasteiger partial charge in [-0.25, -0.2) is 0 Å². The van der Waals surface area contributed by atoms with E-state index in [0.717, 1.165) is 0 Å². The summed E-state index contributed by atoms with van der Waals surface area (Å²) in [6.45, 7) is -0.743. The second kappa shape index (κ2) is 6.72. The quantitative estimate of drug-likeness (QED) is 0.644. The molecule has 0 saturated heterocycles. The number of benzene rings is 2. The number of carboxylic acids is 1. The molecule has 2 aromatic rings. The molecule has 0 atom stereocenters. The Kier molecular flexibility index (Phi) is 4.45. The third-order valence-electron chi connectivity index (χ3n) is 4.01. The van der Waals surface area contributed by atoms with Gasteiger partial charge in [0, 0.05) is 16.7 Å². The van der Waals surface area contributed by atoms with Crippen molar-refractivity contribution in [3.63, 3.8) is 0 Å². The van der Waals surface area contributed by atoms with Gasteiger partial charge in [0.2, 0.25) is 0 Å². The van der Waals surface area contributed by atoms with Gasteiger partial charge >= 0.3 is 5.97 Å². The largest absolute Gasteiger partial charge is 0.504 e. The lowest BCUT2D eigenvalue weighted by Crippen LogP contribution is -2.44. The van der Waals surface area contributed by atoms with Crippen LogP contribution in [-0.2, 0) is 9.59 Å². The molecule has 132 valence electrons. The first-order chi connectivity index (χ1) is 12.4. The van der Waals surface area contributed by atoms with Crippen molar-refractivity contribution in [1.29, 1.82) is 0 Å². The molecule has 7 nitrogen and oxygen atoms in total. The second-order valence-electron chi connectivity index (χ2n) is 5.59. The summed E-state index contributed by atoms with van der Waals surface area (Å²) in [4.78, 5) is 37.0. The minimum atomic E-state index is -1.30. The summed E-state index contributed by atoms with van der Waals surface area (Å²) in [7, 11) is 1.40. The van der Waals surface area contributed by atoms with Gasteiger partial charge in [0.25, 0.3) is 11.8 Å². The summed E-state index contributed by atoms with van der Waals surface area (Å²) in [6, 6.07) is 11.2. The first-order valence-electron chi connectivity index (χ1n) is 7.69. The highest BCUT2D eigenvalue weighted by atomic mass is 16.5. The number of ether oxygens (including phenoxy) is 1. The topological polar surface area (TPSA) is 104 Å². The van der Waals surface area contributed by atoms with Crippen LogP contribution in [0.4, 0.5) is 0 Å². The van der Waals surface area contributed by atoms with Crippen molar-refractivity contribution < 1.29 is 29.3 Å². The van der Waals surface area contributed by atoms with Crippen LogP contribution in [0.1, 0.15) is 21.5 Å². The van der Waals surface area contributed by atoms with Gasteiger partial charge in [-0.1, -0.05) is 30.3 Å². The van der Waals surface area contributed by atoms with Gasteiger partial charge in [-0.3, -0.25) is 19.3 Å². The van der Waals surface area contributed by atoms with Crippen LogP contribution in [0.25, 0.3) is 11.6 Å². The average Bonchev–Trinajstić information content (AvgIpc) is 2.63. The number of phenols is 1. The number of carboxylic acid groups (broad SMARTS) is 1. The maximum Gasteiger partial charge on any atom is 0.323 e. The minimum absolute atomic E-state index is 0.116. The molecular weight excluding hydrogens is 338 g/mol. The average molecular weight is 353 g/mol. The number of nitrogens with zero attached hydrogens (tertiary/aromatic N) is 1. The van der Waals surface area contributed by atoms with Crippen molar-refractivity contribution in [1.82, 2.24) is 4.90 Å². The van der Waals surface area contributed by atoms with E-state index in [0.29, 0.717) is 16.0 Å². The molecule has 0 radical (unpaired) electrons. The van der Waals surface area contributed by atoms with Gasteiger partial charge in [0.15, 0.2) is 11.5 Å². The van der Waals surface area contributed by atoms with E-state index in [9.17, 15) is 19.5 Å². The van der Waals surface area contributed by atoms with Gasteiger partial charge in [-0.2, -0.15) is 0 Å². The highest BCUT2D eigenvalue weighted by Gasteiger charge is 2.35. The maximum atomic E-state index is 12.8. The van der Waals surface area contributed by atoms with E-state index in [2.05, 4.69) is 0 Å². The SMILES string of the molecule is COc1cccc(/C=C2\C(=O)N(CC(=O)O)C(=O)c3ccccc32)c1O. The van der Waals surface area contributed by atoms with Crippen LogP contribution in [0.2, 0.25) is 0 Å². The van der Waals surface area contributed by atoms with Crippen molar-refractivity contribution in [2.45, 2.75) is 0 Å². The van der Waals surface area contributed by atoms with Crippen LogP contribution in [0, 0.1) is 0 Å². The van der Waals surface area contributed by atoms with Crippen molar-refractivity contribution in [3.8, 4) is 11.5 Å². The fourth-order valence-electron chi connectivity index (χ4n) is 2.80. The molecule has 1 aliphatic heterocycles. The Morgan fingerprint density at radius 1 is 1.08 bits per heavy atom. The Bertz CT molecular complexity index is 947. The minimum Gasteiger partial charge on any atom is -0.504 e. The van der Waals surface area contributed by atoms with Crippen LogP contribution < -0.4 is 4.74 Å². The molecular formula is C19H15NO6. The number of carbonyl (C=O) groups is 3. The lowest BCUT2D eigenvalue weighted by Gasteiger charge is -2.27. The fourth-order valence-corrected chi connectivity index (χ4v) is 2.80. The molecule has 0 bridgehead atoms. The molecule has 0 fully saturated rings. The third kappa shape index (κ3) is 2.90. The smallest absolute Gasteiger partial charge is 0.323 e. The molecule has 0 aliphatic carbocycles. The second-order valence-corrected chi connectivity index (χ2v) is 5.59. The van der Waals surface area contributed by atoms with E-state index in [-0.39, 0.29) is 22.6 Å². The van der Waals surface area contributed by atoms with Crippen molar-refractivity contribution >= 4 is 29.4 Å². The van der Waals surface area contributed by atoms with Crippen LogP contribution in [0.3, 0.4) is 0 Å². The molecule has 26 heavy (non-hydrogen) atoms. The first kappa shape index (κ1) is 17.2. The number of methoxy groups -OCH3 is 1. The predicted molar refractivity (Wildman–Crippen MR) is 92.7 cm³/mol. The molecule has 7 heteroatoms. The zero-order valence-electron chi connectivity index (χ0n) is 13.8. The van der Waals surface area contributed by atoms with Crippen LogP contribution in [-0.4, -0.2) is 46.6 Å². The normalized spacial score (nSPS) is 15.1. The fraction of sp³-hybridized carbons (Fsp3) is 0.105. The zero-order chi connectivity index (χ0) is 18.8. The van der Waals surface area contributed by atoms with Crippen LogP contribution >= 0.6 is 0 Å². The van der Waals surface area contributed by atoms with Gasteiger partial charge in [-0.15, -0.1) is 0 Å². The summed E-state index contributed by atoms with van der Waals surface area (Å²) in [5, 5.41) is 19.3. The van der Waals surface area contributed by atoms with Crippen molar-refractivity contribution in [2.24, 2.45) is 0 Å². The molecule has 0 unspecified atom stereocenters. The first-order valence-corrected chi connectivity index (χ1v) is 7.69. The Morgan fingerprint density at radius 3 is 2.42 bits per heavy atom. The zero-order valence-corrected chi connectivity index (χ0v) is 13.8. The molecule has 0 saturated carbocycles. The van der Waals surface area contributed by atoms with Gasteiger partial charge in [0.1, 0.15) is 6.54 Å². The van der Waals surface area contributed by atoms with E-state index in [4.69, 9.17) is 9.84 Å². The van der Waals surface area contributed by atoms with Crippen LogP contribution in [0.5, 0.6) is 11.5 Å². The molecule has 0 spiro atoms. The van der Waals surface area contributed by atoms with E-state index in [1.807, 2.05) is 0 Å². The number of aliphatic carboxylic acids is 1. The van der Waals surface area contributed by atoms with Crippen LogP contribution in [0.15, 0.2) is 42.5 Å². The molecule has 2 N–H and O–H groups in total. The van der Waals surface area contributed by atoms with E-state index >= 15 is 0 Å². The van der Waals surface area contributed by atoms with Crippen molar-refractivity contribution in [2.75, 3.05) is 13.7 Å². The molecule has 2 aromatic carbocycles. The number of aromatic hydroxyl groups is 1. The number of hydrogen-bond acceptors (Lipinski definition) is 5. The summed E-state index contributed by atoms with van der Waals surface area (Å²) in [5.74, 6) is -2.63. The Balaban J connectivity index is 2.19. The molecule has 3 rings (SSSR count). The highest BCUT2D eigenvalue weighted by molar-refractivity contribution is 6.34. The number of imide groups is 1. The molecule has 1 aliphatic rings. The van der Waals surface area contributed by atoms with E-state index in [1.54, 1.807) is 36.4 Å². The number of carbonyl (C=O) groups excluding carboxylic acids is 2. The van der Waals surface area contributed by atoms with Crippen molar-refractivity contribution in [3.05, 3.63) is 59.2 Å². The van der Waals surface area contributed by atoms with E-state index < -0.39 is 24.3 Å². The molecule has 2 amide bonds. The summed E-state index contributed by atoms with van der Waals surface area (Å²) in [5.41, 5.74) is 1.03. The third-order valence-corrected chi connectivity index (χ3v) is 4.01. The Labute approximate surface area is 148 Å². The van der Waals surface area contributed by atoms with Gasteiger partial charge < -0.3 is 14.9 Å². The molecule has 1 heterocycles. The summed E-state index contributed by atoms with van der Waals surface area (Å²) in [6.07, 6.45) is 1.42. The summed E-state index contributed by atoms with van der Waals surface area (Å²) >= 11 is 0. The number of fused-ring (bicyclic) bond motifs is 1. The molecule has 0 aromatic heterocycles. The monoisotopic (exact) mass is 353 g/mol. The lowest BCUT2D eigenvalue weighted by molar-refractivity contribution is -0.141. The number of rotatable bonds is 4. The Morgan fingerprint density at radius 2 is 1.77 bits per heavy atom. The highest BCUT2D eigenvalue weighted by Crippen LogP contribution is 2.35. The number of para-hydroxylation sites is 1. The number of phenolic OH excluding ortho intramolecular Hbond substituents is 1. The van der Waals surface area contributed by atoms with Gasteiger partial charge in [0.05, 0.1) is 7.11 Å². The standard InChI is InChI=1S/C19H15NO6/c1-26-15-8-4-5-11(17(15)23)9-14-12-6-2-3-7-13(12)18(24)20(19(14)25)10-16(21)22/h2-9,23H,10H2,1H3,(H,21,22)/b14-9-. The van der Waals surface area contributed by atoms with Gasteiger partial charge in [-0.05, 0) is 23.8 Å². The van der Waals surface area contributed by atoms with E-state index in [1.165, 1.54) is 19.3 Å². The number of amides is 2. The summed E-state index contributed by atoms with van der Waals surface area (Å²) < 4.78 is 5.06.